The van der Waals surface area contributed by atoms with Gasteiger partial charge in [-0.25, -0.2) is 0 Å². The summed E-state index contributed by atoms with van der Waals surface area (Å²) in [5.74, 6) is -0.400. The zero-order valence-electron chi connectivity index (χ0n) is 13.6. The maximum atomic E-state index is 12.7. The van der Waals surface area contributed by atoms with Gasteiger partial charge in [0.1, 0.15) is 17.1 Å². The number of rotatable bonds is 6. The Bertz CT molecular complexity index is 797. The van der Waals surface area contributed by atoms with Crippen molar-refractivity contribution in [3.05, 3.63) is 39.3 Å². The number of pyridine rings is 1. The normalized spacial score (nSPS) is 11.8. The van der Waals surface area contributed by atoms with Gasteiger partial charge in [-0.2, -0.15) is 13.2 Å². The van der Waals surface area contributed by atoms with Gasteiger partial charge in [-0.15, -0.1) is 10.2 Å². The predicted molar refractivity (Wildman–Crippen MR) is 87.6 cm³/mol. The van der Waals surface area contributed by atoms with E-state index < -0.39 is 29.8 Å². The highest BCUT2D eigenvalue weighted by Gasteiger charge is 2.34. The zero-order chi connectivity index (χ0) is 18.6. The second-order valence-electron chi connectivity index (χ2n) is 5.36. The average Bonchev–Trinajstić information content (AvgIpc) is 2.97. The number of anilines is 1. The van der Waals surface area contributed by atoms with Crippen molar-refractivity contribution in [2.24, 2.45) is 0 Å². The summed E-state index contributed by atoms with van der Waals surface area (Å²) in [5, 5.41) is 11.4. The van der Waals surface area contributed by atoms with Crippen LogP contribution in [0.1, 0.15) is 43.2 Å². The van der Waals surface area contributed by atoms with E-state index in [9.17, 15) is 22.8 Å². The number of nitrogens with zero attached hydrogens (tertiary/aromatic N) is 3. The van der Waals surface area contributed by atoms with E-state index in [4.69, 9.17) is 0 Å². The standard InChI is InChI=1S/C15H17F3N4O2S/c1-3-9(4-2)12-20-21-14(25-12)19-11(23)8-22-7-5-6-10(13(22)24)15(16,17)18/h5-7,9H,3-4,8H2,1-2H3,(H,19,21,23). The molecular weight excluding hydrogens is 357 g/mol. The molecule has 0 saturated heterocycles. The number of hydrogen-bond acceptors (Lipinski definition) is 5. The fraction of sp³-hybridized carbons (Fsp3) is 0.467. The van der Waals surface area contributed by atoms with Crippen LogP contribution in [-0.4, -0.2) is 20.7 Å². The fourth-order valence-corrected chi connectivity index (χ4v) is 3.30. The molecule has 0 atom stereocenters. The van der Waals surface area contributed by atoms with E-state index in [1.54, 1.807) is 0 Å². The number of amides is 1. The van der Waals surface area contributed by atoms with Crippen molar-refractivity contribution in [3.63, 3.8) is 0 Å². The third-order valence-electron chi connectivity index (χ3n) is 3.66. The van der Waals surface area contributed by atoms with Crippen molar-refractivity contribution in [1.29, 1.82) is 0 Å². The van der Waals surface area contributed by atoms with Crippen LogP contribution < -0.4 is 10.9 Å². The molecule has 6 nitrogen and oxygen atoms in total. The van der Waals surface area contributed by atoms with Gasteiger partial charge in [0, 0.05) is 12.1 Å². The van der Waals surface area contributed by atoms with Crippen molar-refractivity contribution in [3.8, 4) is 0 Å². The summed E-state index contributed by atoms with van der Waals surface area (Å²) in [4.78, 5) is 23.8. The lowest BCUT2D eigenvalue weighted by Gasteiger charge is -2.09. The third kappa shape index (κ3) is 4.65. The number of halogens is 3. The number of alkyl halides is 3. The lowest BCUT2D eigenvalue weighted by Crippen LogP contribution is -2.31. The van der Waals surface area contributed by atoms with Crippen LogP contribution in [0.2, 0.25) is 0 Å². The van der Waals surface area contributed by atoms with Gasteiger partial charge in [0.05, 0.1) is 0 Å². The summed E-state index contributed by atoms with van der Waals surface area (Å²) in [6.45, 7) is 3.50. The van der Waals surface area contributed by atoms with Gasteiger partial charge in [0.25, 0.3) is 5.56 Å². The van der Waals surface area contributed by atoms with E-state index in [1.807, 2.05) is 13.8 Å². The first-order valence-electron chi connectivity index (χ1n) is 7.66. The van der Waals surface area contributed by atoms with Gasteiger partial charge in [0.2, 0.25) is 11.0 Å². The maximum Gasteiger partial charge on any atom is 0.421 e. The number of carbonyl (C=O) groups excluding carboxylic acids is 1. The summed E-state index contributed by atoms with van der Waals surface area (Å²) < 4.78 is 38.9. The highest BCUT2D eigenvalue weighted by molar-refractivity contribution is 7.15. The molecule has 25 heavy (non-hydrogen) atoms. The number of aromatic nitrogens is 3. The Hall–Kier alpha value is -2.23. The van der Waals surface area contributed by atoms with Gasteiger partial charge in [-0.1, -0.05) is 25.2 Å². The highest BCUT2D eigenvalue weighted by atomic mass is 32.1. The molecule has 0 aliphatic heterocycles. The highest BCUT2D eigenvalue weighted by Crippen LogP contribution is 2.28. The van der Waals surface area contributed by atoms with E-state index in [0.29, 0.717) is 10.6 Å². The van der Waals surface area contributed by atoms with E-state index in [1.165, 1.54) is 11.3 Å². The smallest absolute Gasteiger partial charge is 0.306 e. The number of hydrogen-bond donors (Lipinski definition) is 1. The minimum Gasteiger partial charge on any atom is -0.306 e. The molecule has 0 bridgehead atoms. The van der Waals surface area contributed by atoms with Crippen molar-refractivity contribution in [2.45, 2.75) is 45.3 Å². The quantitative estimate of drug-likeness (QED) is 0.842. The van der Waals surface area contributed by atoms with Crippen molar-refractivity contribution >= 4 is 22.4 Å². The first kappa shape index (κ1) is 19.1. The second kappa shape index (κ2) is 7.77. The summed E-state index contributed by atoms with van der Waals surface area (Å²) in [6, 6.07) is 1.76. The summed E-state index contributed by atoms with van der Waals surface area (Å²) in [7, 11) is 0. The van der Waals surface area contributed by atoms with Crippen LogP contribution >= 0.6 is 11.3 Å². The summed E-state index contributed by atoms with van der Waals surface area (Å²) in [5.41, 5.74) is -2.57. The van der Waals surface area contributed by atoms with E-state index in [0.717, 1.165) is 30.1 Å². The molecule has 0 radical (unpaired) electrons. The molecule has 0 unspecified atom stereocenters. The Morgan fingerprint density at radius 2 is 2.00 bits per heavy atom. The minimum absolute atomic E-state index is 0.245. The van der Waals surface area contributed by atoms with Crippen molar-refractivity contribution < 1.29 is 18.0 Å². The topological polar surface area (TPSA) is 76.9 Å². The van der Waals surface area contributed by atoms with Crippen molar-refractivity contribution in [2.75, 3.05) is 5.32 Å². The second-order valence-corrected chi connectivity index (χ2v) is 6.37. The molecule has 1 N–H and O–H groups in total. The van der Waals surface area contributed by atoms with Crippen molar-refractivity contribution in [1.82, 2.24) is 14.8 Å². The molecule has 1 amide bonds. The fourth-order valence-electron chi connectivity index (χ4n) is 2.28. The molecule has 2 heterocycles. The van der Waals surface area contributed by atoms with Gasteiger partial charge >= 0.3 is 6.18 Å². The van der Waals surface area contributed by atoms with Crippen LogP contribution in [0.5, 0.6) is 0 Å². The van der Waals surface area contributed by atoms with Gasteiger partial charge < -0.3 is 4.57 Å². The Kier molecular flexibility index (Phi) is 5.93. The number of nitrogens with one attached hydrogen (secondary N) is 1. The molecule has 0 spiro atoms. The van der Waals surface area contributed by atoms with Crippen LogP contribution in [0.3, 0.4) is 0 Å². The Morgan fingerprint density at radius 3 is 2.60 bits per heavy atom. The molecular formula is C15H17F3N4O2S. The zero-order valence-corrected chi connectivity index (χ0v) is 14.4. The van der Waals surface area contributed by atoms with Crippen LogP contribution in [0, 0.1) is 0 Å². The largest absolute Gasteiger partial charge is 0.421 e. The molecule has 2 aromatic rings. The van der Waals surface area contributed by atoms with Gasteiger partial charge in [-0.3, -0.25) is 14.9 Å². The first-order chi connectivity index (χ1) is 11.8. The van der Waals surface area contributed by atoms with Gasteiger partial charge in [0.15, 0.2) is 0 Å². The van der Waals surface area contributed by atoms with Crippen LogP contribution in [-0.2, 0) is 17.5 Å². The predicted octanol–water partition coefficient (Wildman–Crippen LogP) is 3.26. The Balaban J connectivity index is 2.10. The third-order valence-corrected chi connectivity index (χ3v) is 4.66. The SMILES string of the molecule is CCC(CC)c1nnc(NC(=O)Cn2cccc(C(F)(F)F)c2=O)s1. The molecule has 136 valence electrons. The minimum atomic E-state index is -4.76. The lowest BCUT2D eigenvalue weighted by molar-refractivity contribution is -0.139. The maximum absolute atomic E-state index is 12.7. The molecule has 0 aromatic carbocycles. The first-order valence-corrected chi connectivity index (χ1v) is 8.47. The lowest BCUT2D eigenvalue weighted by atomic mass is 10.1. The molecule has 0 aliphatic carbocycles. The van der Waals surface area contributed by atoms with Gasteiger partial charge in [-0.05, 0) is 25.0 Å². The number of carbonyl (C=O) groups is 1. The van der Waals surface area contributed by atoms with Crippen LogP contribution in [0.4, 0.5) is 18.3 Å². The molecule has 10 heteroatoms. The average molecular weight is 374 g/mol. The van der Waals surface area contributed by atoms with Crippen LogP contribution in [0.25, 0.3) is 0 Å². The van der Waals surface area contributed by atoms with E-state index in [2.05, 4.69) is 15.5 Å². The molecule has 0 saturated carbocycles. The monoisotopic (exact) mass is 374 g/mol. The van der Waals surface area contributed by atoms with E-state index >= 15 is 0 Å². The molecule has 2 rings (SSSR count). The Labute approximate surface area is 145 Å². The molecule has 0 aliphatic rings. The molecule has 0 fully saturated rings. The van der Waals surface area contributed by atoms with Crippen LogP contribution in [0.15, 0.2) is 23.1 Å². The summed E-state index contributed by atoms with van der Waals surface area (Å²) >= 11 is 1.22. The summed E-state index contributed by atoms with van der Waals surface area (Å²) in [6.07, 6.45) is -1.86. The Morgan fingerprint density at radius 1 is 1.32 bits per heavy atom. The van der Waals surface area contributed by atoms with E-state index in [-0.39, 0.29) is 11.0 Å². The molecule has 2 aromatic heterocycles.